The van der Waals surface area contributed by atoms with Crippen molar-refractivity contribution in [1.82, 2.24) is 19.9 Å². The molecule has 12 heteroatoms. The number of carbonyl (C=O) groups is 1. The SMILES string of the molecule is CCS(=O)(=O)c1nnc(CNC(=O)c2snc(Cl)c2Cl)o1. The van der Waals surface area contributed by atoms with Gasteiger partial charge >= 0.3 is 5.22 Å². The summed E-state index contributed by atoms with van der Waals surface area (Å²) in [5.41, 5.74) is 0. The molecule has 114 valence electrons. The Morgan fingerprint density at radius 1 is 1.38 bits per heavy atom. The highest BCUT2D eigenvalue weighted by molar-refractivity contribution is 7.91. The van der Waals surface area contributed by atoms with Crippen LogP contribution in [0.5, 0.6) is 0 Å². The van der Waals surface area contributed by atoms with E-state index in [0.29, 0.717) is 0 Å². The molecule has 1 amide bonds. The number of hydrogen-bond donors (Lipinski definition) is 1. The van der Waals surface area contributed by atoms with Gasteiger partial charge in [0.1, 0.15) is 9.90 Å². The zero-order chi connectivity index (χ0) is 15.6. The number of nitrogens with zero attached hydrogens (tertiary/aromatic N) is 3. The van der Waals surface area contributed by atoms with E-state index in [0.717, 1.165) is 11.5 Å². The van der Waals surface area contributed by atoms with Gasteiger partial charge in [-0.15, -0.1) is 5.10 Å². The topological polar surface area (TPSA) is 115 Å². The van der Waals surface area contributed by atoms with E-state index in [-0.39, 0.29) is 33.2 Å². The molecule has 2 aromatic rings. The van der Waals surface area contributed by atoms with Crippen molar-refractivity contribution in [3.63, 3.8) is 0 Å². The summed E-state index contributed by atoms with van der Waals surface area (Å²) in [6.07, 6.45) is 0. The van der Waals surface area contributed by atoms with Crippen molar-refractivity contribution in [2.45, 2.75) is 18.7 Å². The smallest absolute Gasteiger partial charge is 0.335 e. The lowest BCUT2D eigenvalue weighted by molar-refractivity contribution is 0.0951. The molecular formula is C9H8Cl2N4O4S2. The fourth-order valence-corrected chi connectivity index (χ4v) is 2.96. The molecule has 8 nitrogen and oxygen atoms in total. The zero-order valence-corrected chi connectivity index (χ0v) is 13.6. The molecule has 0 bridgehead atoms. The molecule has 0 spiro atoms. The predicted octanol–water partition coefficient (Wildman–Crippen LogP) is 1.56. The van der Waals surface area contributed by atoms with Crippen LogP contribution >= 0.6 is 34.7 Å². The number of halogens is 2. The van der Waals surface area contributed by atoms with Gasteiger partial charge < -0.3 is 9.73 Å². The van der Waals surface area contributed by atoms with Crippen LogP contribution in [0.4, 0.5) is 0 Å². The minimum Gasteiger partial charge on any atom is -0.411 e. The maximum absolute atomic E-state index is 11.8. The molecule has 2 heterocycles. The Bertz CT molecular complexity index is 771. The number of amides is 1. The van der Waals surface area contributed by atoms with Crippen LogP contribution in [-0.2, 0) is 16.4 Å². The summed E-state index contributed by atoms with van der Waals surface area (Å²) in [6, 6.07) is 0. The Labute approximate surface area is 133 Å². The monoisotopic (exact) mass is 370 g/mol. The Hall–Kier alpha value is -1.23. The number of carbonyl (C=O) groups excluding carboxylic acids is 1. The highest BCUT2D eigenvalue weighted by Crippen LogP contribution is 2.28. The second kappa shape index (κ2) is 6.26. The lowest BCUT2D eigenvalue weighted by Crippen LogP contribution is -2.22. The molecule has 0 aromatic carbocycles. The molecule has 2 aromatic heterocycles. The van der Waals surface area contributed by atoms with Gasteiger partial charge in [0.25, 0.3) is 5.91 Å². The van der Waals surface area contributed by atoms with E-state index in [1.165, 1.54) is 6.92 Å². The molecule has 21 heavy (non-hydrogen) atoms. The molecule has 2 rings (SSSR count). The quantitative estimate of drug-likeness (QED) is 0.848. The van der Waals surface area contributed by atoms with Crippen LogP contribution in [0.3, 0.4) is 0 Å². The van der Waals surface area contributed by atoms with Crippen LogP contribution < -0.4 is 5.32 Å². The Balaban J connectivity index is 2.04. The van der Waals surface area contributed by atoms with Crippen molar-refractivity contribution in [3.8, 4) is 0 Å². The van der Waals surface area contributed by atoms with Gasteiger partial charge in [-0.25, -0.2) is 8.42 Å². The number of rotatable bonds is 5. The minimum atomic E-state index is -3.57. The number of hydrogen-bond acceptors (Lipinski definition) is 8. The normalized spacial score (nSPS) is 11.6. The van der Waals surface area contributed by atoms with Crippen LogP contribution in [0.15, 0.2) is 9.64 Å². The average molecular weight is 371 g/mol. The third-order valence-corrected chi connectivity index (χ3v) is 5.55. The van der Waals surface area contributed by atoms with Gasteiger partial charge in [0, 0.05) is 0 Å². The zero-order valence-electron chi connectivity index (χ0n) is 10.5. The molecule has 0 unspecified atom stereocenters. The van der Waals surface area contributed by atoms with Crippen molar-refractivity contribution >= 4 is 50.5 Å². The maximum Gasteiger partial charge on any atom is 0.335 e. The third kappa shape index (κ3) is 3.51. The van der Waals surface area contributed by atoms with Crippen molar-refractivity contribution in [2.75, 3.05) is 5.75 Å². The van der Waals surface area contributed by atoms with Crippen LogP contribution in [0.25, 0.3) is 0 Å². The molecule has 0 radical (unpaired) electrons. The average Bonchev–Trinajstić information content (AvgIpc) is 3.05. The Morgan fingerprint density at radius 2 is 2.10 bits per heavy atom. The van der Waals surface area contributed by atoms with E-state index in [1.807, 2.05) is 0 Å². The van der Waals surface area contributed by atoms with E-state index in [4.69, 9.17) is 27.6 Å². The summed E-state index contributed by atoms with van der Waals surface area (Å²) in [7, 11) is -3.57. The molecule has 0 saturated heterocycles. The fraction of sp³-hybridized carbons (Fsp3) is 0.333. The van der Waals surface area contributed by atoms with Gasteiger partial charge in [-0.2, -0.15) is 4.37 Å². The predicted molar refractivity (Wildman–Crippen MR) is 75.3 cm³/mol. The standard InChI is InChI=1S/C9H8Cl2N4O4S2/c1-2-21(17,18)9-14-13-4(19-9)3-12-8(16)6-5(10)7(11)15-20-6/h2-3H2,1H3,(H,12,16). The van der Waals surface area contributed by atoms with Crippen LogP contribution in [0, 0.1) is 0 Å². The van der Waals surface area contributed by atoms with Crippen molar-refractivity contribution in [1.29, 1.82) is 0 Å². The van der Waals surface area contributed by atoms with E-state index >= 15 is 0 Å². The molecule has 0 atom stereocenters. The first-order chi connectivity index (χ1) is 9.85. The van der Waals surface area contributed by atoms with Crippen molar-refractivity contribution in [2.24, 2.45) is 0 Å². The van der Waals surface area contributed by atoms with Crippen LogP contribution in [0.1, 0.15) is 22.5 Å². The van der Waals surface area contributed by atoms with Crippen molar-refractivity contribution < 1.29 is 17.6 Å². The minimum absolute atomic E-state index is 0.0397. The molecule has 0 fully saturated rings. The van der Waals surface area contributed by atoms with Gasteiger partial charge in [0.2, 0.25) is 15.7 Å². The van der Waals surface area contributed by atoms with E-state index in [2.05, 4.69) is 19.9 Å². The Morgan fingerprint density at radius 3 is 2.67 bits per heavy atom. The molecule has 0 aliphatic heterocycles. The highest BCUT2D eigenvalue weighted by atomic mass is 35.5. The van der Waals surface area contributed by atoms with Gasteiger partial charge in [0.15, 0.2) is 5.15 Å². The van der Waals surface area contributed by atoms with E-state index < -0.39 is 21.0 Å². The maximum atomic E-state index is 11.8. The third-order valence-electron chi connectivity index (χ3n) is 2.30. The molecule has 0 aliphatic carbocycles. The van der Waals surface area contributed by atoms with E-state index in [9.17, 15) is 13.2 Å². The molecule has 1 N–H and O–H groups in total. The first kappa shape index (κ1) is 16.1. The highest BCUT2D eigenvalue weighted by Gasteiger charge is 2.21. The summed E-state index contributed by atoms with van der Waals surface area (Å²) < 4.78 is 31.7. The van der Waals surface area contributed by atoms with Gasteiger partial charge in [-0.05, 0) is 11.5 Å². The molecule has 0 aliphatic rings. The lowest BCUT2D eigenvalue weighted by atomic mass is 10.4. The van der Waals surface area contributed by atoms with Gasteiger partial charge in [-0.1, -0.05) is 35.2 Å². The number of nitrogens with one attached hydrogen (secondary N) is 1. The van der Waals surface area contributed by atoms with Crippen LogP contribution in [-0.4, -0.2) is 34.6 Å². The first-order valence-electron chi connectivity index (χ1n) is 5.49. The summed E-state index contributed by atoms with van der Waals surface area (Å²) in [5.74, 6) is -0.722. The van der Waals surface area contributed by atoms with Gasteiger partial charge in [-0.3, -0.25) is 4.79 Å². The lowest BCUT2D eigenvalue weighted by Gasteiger charge is -1.99. The largest absolute Gasteiger partial charge is 0.411 e. The molecular weight excluding hydrogens is 363 g/mol. The second-order valence-corrected chi connectivity index (χ2v) is 7.33. The number of aromatic nitrogens is 3. The van der Waals surface area contributed by atoms with Crippen LogP contribution in [0.2, 0.25) is 10.2 Å². The summed E-state index contributed by atoms with van der Waals surface area (Å²) in [6.45, 7) is 1.31. The van der Waals surface area contributed by atoms with E-state index in [1.54, 1.807) is 0 Å². The molecule has 0 saturated carbocycles. The first-order valence-corrected chi connectivity index (χ1v) is 8.67. The summed E-state index contributed by atoms with van der Waals surface area (Å²) >= 11 is 12.3. The summed E-state index contributed by atoms with van der Waals surface area (Å²) in [5, 5.41) is 9.03. The Kier molecular flexibility index (Phi) is 4.81. The summed E-state index contributed by atoms with van der Waals surface area (Å²) in [4.78, 5) is 12.0. The number of sulfone groups is 1. The fourth-order valence-electron chi connectivity index (χ4n) is 1.20. The van der Waals surface area contributed by atoms with Gasteiger partial charge in [0.05, 0.1) is 12.3 Å². The second-order valence-electron chi connectivity index (χ2n) is 3.66. The van der Waals surface area contributed by atoms with Crippen molar-refractivity contribution in [3.05, 3.63) is 20.9 Å².